The van der Waals surface area contributed by atoms with Crippen molar-refractivity contribution < 1.29 is 4.39 Å². The van der Waals surface area contributed by atoms with Crippen molar-refractivity contribution in [2.45, 2.75) is 32.1 Å². The standard InChI is InChI=1S/C18H23FN4/c1-2-22-11-3-4-13(12-22)17-16-9-10-20-18(16)23(21-17)15-7-5-14(19)6-8-15/h5-8,13,20H,2-4,9-12H2,1H3. The van der Waals surface area contributed by atoms with Crippen LogP contribution in [0.5, 0.6) is 0 Å². The molecule has 4 nitrogen and oxygen atoms in total. The number of hydrogen-bond acceptors (Lipinski definition) is 3. The molecule has 4 rings (SSSR count). The number of rotatable bonds is 3. The van der Waals surface area contributed by atoms with E-state index in [1.807, 2.05) is 4.68 Å². The minimum absolute atomic E-state index is 0.211. The van der Waals surface area contributed by atoms with E-state index in [2.05, 4.69) is 17.1 Å². The summed E-state index contributed by atoms with van der Waals surface area (Å²) in [5, 5.41) is 8.39. The number of nitrogens with zero attached hydrogens (tertiary/aromatic N) is 3. The Morgan fingerprint density at radius 1 is 1.30 bits per heavy atom. The molecule has 0 spiro atoms. The van der Waals surface area contributed by atoms with Crippen LogP contribution in [0.15, 0.2) is 24.3 Å². The molecule has 1 fully saturated rings. The van der Waals surface area contributed by atoms with Gasteiger partial charge in [-0.15, -0.1) is 0 Å². The van der Waals surface area contributed by atoms with Crippen LogP contribution >= 0.6 is 0 Å². The van der Waals surface area contributed by atoms with Gasteiger partial charge in [0.05, 0.1) is 11.4 Å². The molecule has 0 radical (unpaired) electrons. The molecule has 1 aromatic carbocycles. The monoisotopic (exact) mass is 314 g/mol. The molecule has 0 aliphatic carbocycles. The number of nitrogens with one attached hydrogen (secondary N) is 1. The summed E-state index contributed by atoms with van der Waals surface area (Å²) in [5.41, 5.74) is 3.52. The Hall–Kier alpha value is -1.88. The number of likely N-dealkylation sites (tertiary alicyclic amines) is 1. The van der Waals surface area contributed by atoms with Crippen LogP contribution in [-0.4, -0.2) is 40.9 Å². The van der Waals surface area contributed by atoms with Gasteiger partial charge in [0.2, 0.25) is 0 Å². The first-order valence-electron chi connectivity index (χ1n) is 8.60. The summed E-state index contributed by atoms with van der Waals surface area (Å²) in [7, 11) is 0. The molecule has 0 bridgehead atoms. The van der Waals surface area contributed by atoms with Crippen LogP contribution in [0.4, 0.5) is 10.2 Å². The topological polar surface area (TPSA) is 33.1 Å². The van der Waals surface area contributed by atoms with Crippen LogP contribution in [0.2, 0.25) is 0 Å². The third-order valence-corrected chi connectivity index (χ3v) is 5.09. The van der Waals surface area contributed by atoms with E-state index in [1.54, 1.807) is 12.1 Å². The zero-order valence-corrected chi connectivity index (χ0v) is 13.6. The summed E-state index contributed by atoms with van der Waals surface area (Å²) in [4.78, 5) is 2.51. The lowest BCUT2D eigenvalue weighted by molar-refractivity contribution is 0.215. The van der Waals surface area contributed by atoms with Crippen molar-refractivity contribution in [1.82, 2.24) is 14.7 Å². The molecule has 1 N–H and O–H groups in total. The second-order valence-corrected chi connectivity index (χ2v) is 6.51. The average molecular weight is 314 g/mol. The normalized spacial score (nSPS) is 21.2. The molecule has 122 valence electrons. The number of anilines is 1. The van der Waals surface area contributed by atoms with Gasteiger partial charge in [0.1, 0.15) is 11.6 Å². The lowest BCUT2D eigenvalue weighted by Gasteiger charge is -2.31. The van der Waals surface area contributed by atoms with E-state index in [1.165, 1.54) is 42.8 Å². The summed E-state index contributed by atoms with van der Waals surface area (Å²) in [5.74, 6) is 1.40. The van der Waals surface area contributed by atoms with Gasteiger partial charge < -0.3 is 10.2 Å². The zero-order chi connectivity index (χ0) is 15.8. The molecule has 3 heterocycles. The first kappa shape index (κ1) is 14.7. The molecule has 1 unspecified atom stereocenters. The van der Waals surface area contributed by atoms with Crippen LogP contribution < -0.4 is 5.32 Å². The lowest BCUT2D eigenvalue weighted by Crippen LogP contribution is -2.34. The Morgan fingerprint density at radius 2 is 2.13 bits per heavy atom. The van der Waals surface area contributed by atoms with Gasteiger partial charge in [0.15, 0.2) is 0 Å². The van der Waals surface area contributed by atoms with E-state index in [0.29, 0.717) is 5.92 Å². The third kappa shape index (κ3) is 2.63. The fourth-order valence-electron chi connectivity index (χ4n) is 3.86. The summed E-state index contributed by atoms with van der Waals surface area (Å²) in [6.07, 6.45) is 3.49. The van der Waals surface area contributed by atoms with Gasteiger partial charge in [-0.1, -0.05) is 6.92 Å². The molecular weight excluding hydrogens is 291 g/mol. The van der Waals surface area contributed by atoms with E-state index < -0.39 is 0 Å². The van der Waals surface area contributed by atoms with Gasteiger partial charge in [-0.3, -0.25) is 0 Å². The molecule has 5 heteroatoms. The number of aromatic nitrogens is 2. The fourth-order valence-corrected chi connectivity index (χ4v) is 3.86. The summed E-state index contributed by atoms with van der Waals surface area (Å²) < 4.78 is 15.2. The Labute approximate surface area is 136 Å². The quantitative estimate of drug-likeness (QED) is 0.944. The highest BCUT2D eigenvalue weighted by Crippen LogP contribution is 2.36. The molecule has 2 aliphatic heterocycles. The first-order chi connectivity index (χ1) is 11.3. The van der Waals surface area contributed by atoms with Crippen LogP contribution in [0.3, 0.4) is 0 Å². The molecule has 1 aromatic heterocycles. The number of halogens is 1. The molecule has 1 atom stereocenters. The predicted molar refractivity (Wildman–Crippen MR) is 89.8 cm³/mol. The maximum atomic E-state index is 13.2. The van der Waals surface area contributed by atoms with Gasteiger partial charge in [0, 0.05) is 24.6 Å². The Bertz CT molecular complexity index is 692. The highest BCUT2D eigenvalue weighted by molar-refractivity contribution is 5.57. The lowest BCUT2D eigenvalue weighted by atomic mass is 9.92. The molecule has 1 saturated heterocycles. The summed E-state index contributed by atoms with van der Waals surface area (Å²) in [6, 6.07) is 6.59. The maximum absolute atomic E-state index is 13.2. The maximum Gasteiger partial charge on any atom is 0.133 e. The van der Waals surface area contributed by atoms with Crippen molar-refractivity contribution >= 4 is 5.82 Å². The molecule has 0 amide bonds. The van der Waals surface area contributed by atoms with E-state index >= 15 is 0 Å². The number of piperidine rings is 1. The van der Waals surface area contributed by atoms with Crippen LogP contribution in [0, 0.1) is 5.82 Å². The predicted octanol–water partition coefficient (Wildman–Crippen LogP) is 3.18. The summed E-state index contributed by atoms with van der Waals surface area (Å²) >= 11 is 0. The minimum Gasteiger partial charge on any atom is -0.369 e. The Morgan fingerprint density at radius 3 is 2.91 bits per heavy atom. The summed E-state index contributed by atoms with van der Waals surface area (Å²) in [6.45, 7) is 6.60. The zero-order valence-electron chi connectivity index (χ0n) is 13.6. The smallest absolute Gasteiger partial charge is 0.133 e. The third-order valence-electron chi connectivity index (χ3n) is 5.09. The number of likely N-dealkylation sites (N-methyl/N-ethyl adjacent to an activating group) is 1. The van der Waals surface area contributed by atoms with E-state index in [0.717, 1.165) is 37.6 Å². The number of hydrogen-bond donors (Lipinski definition) is 1. The minimum atomic E-state index is -0.211. The van der Waals surface area contributed by atoms with Crippen molar-refractivity contribution in [1.29, 1.82) is 0 Å². The molecule has 2 aromatic rings. The van der Waals surface area contributed by atoms with E-state index in [4.69, 9.17) is 5.10 Å². The fraction of sp³-hybridized carbons (Fsp3) is 0.500. The Kier molecular flexibility index (Phi) is 3.81. The van der Waals surface area contributed by atoms with Crippen molar-refractivity contribution in [3.05, 3.63) is 41.3 Å². The Balaban J connectivity index is 1.71. The largest absolute Gasteiger partial charge is 0.369 e. The second kappa shape index (κ2) is 5.96. The van der Waals surface area contributed by atoms with Crippen LogP contribution in [0.25, 0.3) is 5.69 Å². The van der Waals surface area contributed by atoms with Crippen molar-refractivity contribution in [3.63, 3.8) is 0 Å². The SMILES string of the molecule is CCN1CCCC(c2nn(-c3ccc(F)cc3)c3c2CCN3)C1. The van der Waals surface area contributed by atoms with Gasteiger partial charge in [-0.05, 0) is 56.6 Å². The average Bonchev–Trinajstić information content (AvgIpc) is 3.18. The van der Waals surface area contributed by atoms with E-state index in [-0.39, 0.29) is 5.82 Å². The first-order valence-corrected chi connectivity index (χ1v) is 8.60. The van der Waals surface area contributed by atoms with Crippen molar-refractivity contribution in [2.75, 3.05) is 31.5 Å². The van der Waals surface area contributed by atoms with Gasteiger partial charge in [-0.25, -0.2) is 9.07 Å². The number of fused-ring (bicyclic) bond motifs is 1. The van der Waals surface area contributed by atoms with Crippen molar-refractivity contribution in [2.24, 2.45) is 0 Å². The number of benzene rings is 1. The second-order valence-electron chi connectivity index (χ2n) is 6.51. The molecule has 0 saturated carbocycles. The van der Waals surface area contributed by atoms with Crippen LogP contribution in [-0.2, 0) is 6.42 Å². The van der Waals surface area contributed by atoms with E-state index in [9.17, 15) is 4.39 Å². The molecule has 2 aliphatic rings. The molecule has 23 heavy (non-hydrogen) atoms. The van der Waals surface area contributed by atoms with Crippen LogP contribution in [0.1, 0.15) is 36.9 Å². The van der Waals surface area contributed by atoms with Gasteiger partial charge >= 0.3 is 0 Å². The van der Waals surface area contributed by atoms with Gasteiger partial charge in [-0.2, -0.15) is 5.10 Å². The van der Waals surface area contributed by atoms with Crippen molar-refractivity contribution in [3.8, 4) is 5.69 Å². The highest BCUT2D eigenvalue weighted by atomic mass is 19.1. The van der Waals surface area contributed by atoms with Gasteiger partial charge in [0.25, 0.3) is 0 Å². The molecular formula is C18H23FN4. The highest BCUT2D eigenvalue weighted by Gasteiger charge is 2.30.